The number of rotatable bonds is 2. The second-order valence-corrected chi connectivity index (χ2v) is 15.5. The van der Waals surface area contributed by atoms with Gasteiger partial charge in [-0.05, 0) is 56.2 Å². The Labute approximate surface area is 152 Å². The molecule has 3 aliphatic carbocycles. The molecule has 2 bridgehead atoms. The largest absolute Gasteiger partial charge is 0.413 e. The molecule has 0 unspecified atom stereocenters. The molecule has 2 spiro atoms. The Morgan fingerprint density at radius 3 is 2.68 bits per heavy atom. The molecule has 5 heteroatoms. The molecular formula is C20H32O4Si. The molecule has 5 fully saturated rings. The lowest BCUT2D eigenvalue weighted by molar-refractivity contribution is -0.132. The maximum atomic E-state index is 12.4. The molecule has 7 atom stereocenters. The van der Waals surface area contributed by atoms with Crippen LogP contribution < -0.4 is 0 Å². The summed E-state index contributed by atoms with van der Waals surface area (Å²) in [6.07, 6.45) is 6.85. The van der Waals surface area contributed by atoms with Crippen LogP contribution in [0.2, 0.25) is 18.1 Å². The number of Topliss-reactive ketones (excluding diaryl/α,β-unsaturated/α-hetero) is 1. The second kappa shape index (κ2) is 4.78. The molecule has 2 saturated heterocycles. The first-order chi connectivity index (χ1) is 11.6. The Bertz CT molecular complexity index is 626. The Morgan fingerprint density at radius 1 is 1.20 bits per heavy atom. The van der Waals surface area contributed by atoms with E-state index in [4.69, 9.17) is 13.9 Å². The van der Waals surface area contributed by atoms with E-state index >= 15 is 0 Å². The van der Waals surface area contributed by atoms with Gasteiger partial charge in [-0.2, -0.15) is 0 Å². The standard InChI is InChI=1S/C20H32O4Si/c1-18(2,3)25(4,5)24-16-12-6-9-20-17(23-20)13(21)7-8-19(16,20)11-15-14(10-12)22-15/h12,14-17H,6-11H2,1-5H3/t12-,14-,15-,16+,17-,19+,20-/m0/s1. The van der Waals surface area contributed by atoms with Crippen LogP contribution in [0.5, 0.6) is 0 Å². The lowest BCUT2D eigenvalue weighted by atomic mass is 9.54. The van der Waals surface area contributed by atoms with Crippen LogP contribution in [0.25, 0.3) is 0 Å². The summed E-state index contributed by atoms with van der Waals surface area (Å²) in [6, 6.07) is 0. The predicted octanol–water partition coefficient (Wildman–Crippen LogP) is 3.83. The first kappa shape index (κ1) is 16.9. The molecule has 0 aromatic rings. The van der Waals surface area contributed by atoms with E-state index in [-0.39, 0.29) is 28.3 Å². The van der Waals surface area contributed by atoms with Crippen molar-refractivity contribution in [3.63, 3.8) is 0 Å². The van der Waals surface area contributed by atoms with Gasteiger partial charge in [-0.3, -0.25) is 4.79 Å². The molecule has 4 nitrogen and oxygen atoms in total. The Morgan fingerprint density at radius 2 is 1.96 bits per heavy atom. The van der Waals surface area contributed by atoms with Crippen LogP contribution in [-0.2, 0) is 18.7 Å². The first-order valence-corrected chi connectivity index (χ1v) is 13.0. The number of fused-ring (bicyclic) bond motifs is 2. The van der Waals surface area contributed by atoms with Crippen LogP contribution in [0, 0.1) is 11.3 Å². The third-order valence-corrected chi connectivity index (χ3v) is 13.0. The monoisotopic (exact) mass is 364 g/mol. The van der Waals surface area contributed by atoms with Gasteiger partial charge in [0.1, 0.15) is 11.7 Å². The van der Waals surface area contributed by atoms with E-state index in [1.54, 1.807) is 0 Å². The molecule has 0 aromatic heterocycles. The van der Waals surface area contributed by atoms with E-state index in [1.807, 2.05) is 0 Å². The molecule has 140 valence electrons. The highest BCUT2D eigenvalue weighted by Gasteiger charge is 2.79. The van der Waals surface area contributed by atoms with E-state index in [0.29, 0.717) is 30.3 Å². The van der Waals surface area contributed by atoms with Gasteiger partial charge in [0.05, 0.1) is 18.3 Å². The van der Waals surface area contributed by atoms with E-state index in [2.05, 4.69) is 33.9 Å². The van der Waals surface area contributed by atoms with Crippen LogP contribution in [0.3, 0.4) is 0 Å². The molecule has 3 saturated carbocycles. The quantitative estimate of drug-likeness (QED) is 0.552. The molecule has 0 radical (unpaired) electrons. The number of ketones is 1. The van der Waals surface area contributed by atoms with E-state index < -0.39 is 8.32 Å². The third kappa shape index (κ3) is 2.13. The van der Waals surface area contributed by atoms with Crippen molar-refractivity contribution in [1.29, 1.82) is 0 Å². The van der Waals surface area contributed by atoms with Gasteiger partial charge in [0.2, 0.25) is 0 Å². The molecule has 25 heavy (non-hydrogen) atoms. The average Bonchev–Trinajstić information content (AvgIpc) is 3.38. The summed E-state index contributed by atoms with van der Waals surface area (Å²) < 4.78 is 19.4. The van der Waals surface area contributed by atoms with Crippen molar-refractivity contribution in [3.05, 3.63) is 0 Å². The van der Waals surface area contributed by atoms with Gasteiger partial charge in [0.25, 0.3) is 0 Å². The predicted molar refractivity (Wildman–Crippen MR) is 97.0 cm³/mol. The van der Waals surface area contributed by atoms with Crippen molar-refractivity contribution in [2.45, 2.75) is 107 Å². The van der Waals surface area contributed by atoms with Gasteiger partial charge < -0.3 is 13.9 Å². The van der Waals surface area contributed by atoms with Crippen LogP contribution >= 0.6 is 0 Å². The molecular weight excluding hydrogens is 332 g/mol. The lowest BCUT2D eigenvalue weighted by Crippen LogP contribution is -2.62. The van der Waals surface area contributed by atoms with Gasteiger partial charge in [-0.1, -0.05) is 20.8 Å². The summed E-state index contributed by atoms with van der Waals surface area (Å²) >= 11 is 0. The summed E-state index contributed by atoms with van der Waals surface area (Å²) in [5.74, 6) is 0.892. The van der Waals surface area contributed by atoms with Crippen molar-refractivity contribution in [2.75, 3.05) is 0 Å². The minimum absolute atomic E-state index is 0.0000694. The van der Waals surface area contributed by atoms with Gasteiger partial charge in [0.15, 0.2) is 14.1 Å². The normalized spacial score (nSPS) is 51.1. The Balaban J connectivity index is 1.56. The van der Waals surface area contributed by atoms with Gasteiger partial charge >= 0.3 is 0 Å². The van der Waals surface area contributed by atoms with Crippen LogP contribution in [0.1, 0.15) is 59.3 Å². The Kier molecular flexibility index (Phi) is 3.23. The molecule has 2 aliphatic heterocycles. The van der Waals surface area contributed by atoms with Crippen molar-refractivity contribution in [3.8, 4) is 0 Å². The summed E-state index contributed by atoms with van der Waals surface area (Å²) in [5.41, 5.74) is -0.230. The third-order valence-electron chi connectivity index (χ3n) is 8.52. The molecule has 0 N–H and O–H groups in total. The molecule has 2 heterocycles. The number of ether oxygens (including phenoxy) is 2. The minimum Gasteiger partial charge on any atom is -0.413 e. The second-order valence-electron chi connectivity index (χ2n) is 10.8. The summed E-state index contributed by atoms with van der Waals surface area (Å²) in [6.45, 7) is 11.7. The molecule has 5 rings (SSSR count). The van der Waals surface area contributed by atoms with Gasteiger partial charge in [-0.25, -0.2) is 0 Å². The molecule has 0 amide bonds. The van der Waals surface area contributed by atoms with E-state index in [1.165, 1.54) is 0 Å². The van der Waals surface area contributed by atoms with Gasteiger partial charge in [0, 0.05) is 11.8 Å². The highest BCUT2D eigenvalue weighted by atomic mass is 28.4. The summed E-state index contributed by atoms with van der Waals surface area (Å²) in [4.78, 5) is 12.4. The van der Waals surface area contributed by atoms with E-state index in [9.17, 15) is 4.79 Å². The van der Waals surface area contributed by atoms with Crippen molar-refractivity contribution < 1.29 is 18.7 Å². The topological polar surface area (TPSA) is 51.4 Å². The van der Waals surface area contributed by atoms with Gasteiger partial charge in [-0.15, -0.1) is 0 Å². The first-order valence-electron chi connectivity index (χ1n) is 10.1. The molecule has 0 aromatic carbocycles. The number of hydrogen-bond donors (Lipinski definition) is 0. The zero-order chi connectivity index (χ0) is 17.8. The van der Waals surface area contributed by atoms with Crippen molar-refractivity contribution >= 4 is 14.1 Å². The van der Waals surface area contributed by atoms with Crippen LogP contribution in [-0.4, -0.2) is 44.1 Å². The van der Waals surface area contributed by atoms with Crippen LogP contribution in [0.15, 0.2) is 0 Å². The zero-order valence-corrected chi connectivity index (χ0v) is 17.3. The fourth-order valence-corrected chi connectivity index (χ4v) is 7.36. The maximum absolute atomic E-state index is 12.4. The number of carbonyl (C=O) groups excluding carboxylic acids is 1. The fourth-order valence-electron chi connectivity index (χ4n) is 5.95. The number of epoxide rings is 2. The van der Waals surface area contributed by atoms with Crippen LogP contribution in [0.4, 0.5) is 0 Å². The summed E-state index contributed by atoms with van der Waals surface area (Å²) in [7, 11) is -1.88. The lowest BCUT2D eigenvalue weighted by Gasteiger charge is -2.55. The molecule has 5 aliphatic rings. The van der Waals surface area contributed by atoms with E-state index in [0.717, 1.165) is 32.1 Å². The average molecular weight is 365 g/mol. The maximum Gasteiger partial charge on any atom is 0.192 e. The fraction of sp³-hybridized carbons (Fsp3) is 0.950. The minimum atomic E-state index is -1.88. The highest BCUT2D eigenvalue weighted by Crippen LogP contribution is 2.70. The number of hydrogen-bond acceptors (Lipinski definition) is 4. The zero-order valence-electron chi connectivity index (χ0n) is 16.3. The van der Waals surface area contributed by atoms with Crippen molar-refractivity contribution in [2.24, 2.45) is 11.3 Å². The smallest absolute Gasteiger partial charge is 0.192 e. The number of carbonyl (C=O) groups is 1. The SMILES string of the molecule is CC(C)(C)[Si](C)(C)O[C@@H]1[C@H]2CC[C@]34O[C@H]3C(=O)CC[C@@]14C[C@@H]1O[C@H]1C2. The van der Waals surface area contributed by atoms with Crippen molar-refractivity contribution in [1.82, 2.24) is 0 Å². The highest BCUT2D eigenvalue weighted by molar-refractivity contribution is 6.74. The summed E-state index contributed by atoms with van der Waals surface area (Å²) in [5, 5.41) is 0.200. The Hall–Kier alpha value is -0.233.